The fourth-order valence-corrected chi connectivity index (χ4v) is 4.04. The first-order valence-corrected chi connectivity index (χ1v) is 11.1. The number of phenolic OH excluding ortho intramolecular Hbond substituents is 1. The molecule has 32 heavy (non-hydrogen) atoms. The predicted molar refractivity (Wildman–Crippen MR) is 134 cm³/mol. The lowest BCUT2D eigenvalue weighted by Crippen LogP contribution is -2.17. The molecule has 2 heterocycles. The van der Waals surface area contributed by atoms with E-state index in [0.717, 1.165) is 45.1 Å². The number of aryl methyl sites for hydroxylation is 1. The number of rotatable bonds is 3. The number of fused-ring (bicyclic) bond motifs is 1. The maximum atomic E-state index is 11.2. The average molecular weight is 428 g/mol. The number of hydrogen-bond donors (Lipinski definition) is 2. The number of hydrogen-bond acceptors (Lipinski definition) is 3. The zero-order valence-electron chi connectivity index (χ0n) is 20.1. The highest BCUT2D eigenvalue weighted by Gasteiger charge is 2.28. The van der Waals surface area contributed by atoms with Crippen molar-refractivity contribution in [2.45, 2.75) is 59.3 Å². The second-order valence-corrected chi connectivity index (χ2v) is 10.7. The van der Waals surface area contributed by atoms with E-state index in [9.17, 15) is 5.11 Å². The van der Waals surface area contributed by atoms with Crippen molar-refractivity contribution in [1.29, 1.82) is 0 Å². The predicted octanol–water partition coefficient (Wildman–Crippen LogP) is 7.35. The molecular weight excluding hydrogens is 394 g/mol. The van der Waals surface area contributed by atoms with Crippen LogP contribution in [0, 0.1) is 6.92 Å². The second-order valence-electron chi connectivity index (χ2n) is 10.7. The number of benzene rings is 2. The lowest BCUT2D eigenvalue weighted by atomic mass is 9.78. The number of phenols is 1. The largest absolute Gasteiger partial charge is 0.507 e. The van der Waals surface area contributed by atoms with E-state index in [0.29, 0.717) is 5.75 Å². The summed E-state index contributed by atoms with van der Waals surface area (Å²) in [5.41, 5.74) is 6.36. The number of nitrogens with zero attached hydrogens (tertiary/aromatic N) is 2. The molecule has 0 bridgehead atoms. The van der Waals surface area contributed by atoms with Crippen LogP contribution in [0.3, 0.4) is 0 Å². The number of imidazole rings is 1. The highest BCUT2D eigenvalue weighted by atomic mass is 16.3. The Bertz CT molecular complexity index is 1240. The molecule has 2 aromatic heterocycles. The minimum absolute atomic E-state index is 0.205. The van der Waals surface area contributed by atoms with E-state index in [-0.39, 0.29) is 10.8 Å². The molecule has 4 aromatic rings. The van der Waals surface area contributed by atoms with E-state index in [2.05, 4.69) is 94.7 Å². The van der Waals surface area contributed by atoms with Gasteiger partial charge in [0.1, 0.15) is 22.9 Å². The van der Waals surface area contributed by atoms with Gasteiger partial charge in [0.05, 0.1) is 0 Å². The smallest absolute Gasteiger partial charge is 0.143 e. The molecule has 0 saturated carbocycles. The van der Waals surface area contributed by atoms with Gasteiger partial charge in [0, 0.05) is 28.6 Å². The molecule has 0 unspecified atom stereocenters. The first kappa shape index (κ1) is 21.9. The Morgan fingerprint density at radius 2 is 1.44 bits per heavy atom. The molecule has 4 heteroatoms. The Hall–Kier alpha value is -3.27. The highest BCUT2D eigenvalue weighted by molar-refractivity contribution is 5.81. The van der Waals surface area contributed by atoms with Crippen LogP contribution in [0.15, 0.2) is 60.8 Å². The van der Waals surface area contributed by atoms with E-state index < -0.39 is 0 Å². The van der Waals surface area contributed by atoms with Gasteiger partial charge in [0.2, 0.25) is 0 Å². The lowest BCUT2D eigenvalue weighted by Gasteiger charge is -2.28. The van der Waals surface area contributed by atoms with E-state index in [1.54, 1.807) is 0 Å². The van der Waals surface area contributed by atoms with Crippen molar-refractivity contribution in [3.05, 3.63) is 77.5 Å². The minimum atomic E-state index is -0.205. The van der Waals surface area contributed by atoms with Gasteiger partial charge >= 0.3 is 0 Å². The average Bonchev–Trinajstić information content (AvgIpc) is 3.05. The van der Waals surface area contributed by atoms with Crippen LogP contribution in [-0.4, -0.2) is 14.5 Å². The SMILES string of the molecule is Cc1ccc2nc(-c3cc(C(C)(C)C)c(O)c(C(C)(C)C)c3)c(Nc3ccccc3)n2c1. The third kappa shape index (κ3) is 4.10. The van der Waals surface area contributed by atoms with Crippen LogP contribution in [0.1, 0.15) is 58.2 Å². The first-order chi connectivity index (χ1) is 14.9. The Morgan fingerprint density at radius 1 is 0.844 bits per heavy atom. The van der Waals surface area contributed by atoms with E-state index in [1.165, 1.54) is 0 Å². The van der Waals surface area contributed by atoms with Crippen LogP contribution in [0.5, 0.6) is 5.75 Å². The quantitative estimate of drug-likeness (QED) is 0.359. The van der Waals surface area contributed by atoms with Gasteiger partial charge in [-0.15, -0.1) is 0 Å². The molecular formula is C28H33N3O. The fourth-order valence-electron chi connectivity index (χ4n) is 4.04. The molecule has 4 rings (SSSR count). The van der Waals surface area contributed by atoms with Crippen molar-refractivity contribution in [2.24, 2.45) is 0 Å². The summed E-state index contributed by atoms with van der Waals surface area (Å²) in [7, 11) is 0. The van der Waals surface area contributed by atoms with Gasteiger partial charge in [-0.05, 0) is 53.6 Å². The number of aromatic hydroxyl groups is 1. The third-order valence-electron chi connectivity index (χ3n) is 5.80. The summed E-state index contributed by atoms with van der Waals surface area (Å²) in [6.45, 7) is 14.9. The molecule has 0 aliphatic heterocycles. The molecule has 0 fully saturated rings. The molecule has 0 spiro atoms. The molecule has 0 amide bonds. The molecule has 2 N–H and O–H groups in total. The minimum Gasteiger partial charge on any atom is -0.507 e. The maximum absolute atomic E-state index is 11.2. The van der Waals surface area contributed by atoms with E-state index in [4.69, 9.17) is 4.98 Å². The van der Waals surface area contributed by atoms with Gasteiger partial charge in [-0.25, -0.2) is 4.98 Å². The number of nitrogens with one attached hydrogen (secondary N) is 1. The van der Waals surface area contributed by atoms with Gasteiger partial charge in [-0.3, -0.25) is 4.40 Å². The molecule has 0 atom stereocenters. The Labute approximate surface area is 191 Å². The summed E-state index contributed by atoms with van der Waals surface area (Å²) in [5.74, 6) is 1.30. The zero-order chi connectivity index (χ0) is 23.3. The third-order valence-corrected chi connectivity index (χ3v) is 5.80. The monoisotopic (exact) mass is 427 g/mol. The summed E-state index contributed by atoms with van der Waals surface area (Å²) < 4.78 is 2.11. The summed E-state index contributed by atoms with van der Waals surface area (Å²) in [6, 6.07) is 18.5. The van der Waals surface area contributed by atoms with Crippen molar-refractivity contribution in [3.63, 3.8) is 0 Å². The van der Waals surface area contributed by atoms with Crippen LogP contribution in [0.4, 0.5) is 11.5 Å². The van der Waals surface area contributed by atoms with Crippen molar-refractivity contribution in [1.82, 2.24) is 9.38 Å². The van der Waals surface area contributed by atoms with Crippen molar-refractivity contribution < 1.29 is 5.11 Å². The lowest BCUT2D eigenvalue weighted by molar-refractivity contribution is 0.423. The molecule has 166 valence electrons. The highest BCUT2D eigenvalue weighted by Crippen LogP contribution is 2.43. The van der Waals surface area contributed by atoms with Gasteiger partial charge in [0.25, 0.3) is 0 Å². The second kappa shape index (κ2) is 7.70. The number of aromatic nitrogens is 2. The molecule has 0 aliphatic rings. The Kier molecular flexibility index (Phi) is 5.28. The van der Waals surface area contributed by atoms with Crippen LogP contribution in [-0.2, 0) is 10.8 Å². The maximum Gasteiger partial charge on any atom is 0.143 e. The van der Waals surface area contributed by atoms with Gasteiger partial charge in [-0.1, -0.05) is 65.8 Å². The number of anilines is 2. The van der Waals surface area contributed by atoms with Crippen LogP contribution < -0.4 is 5.32 Å². The van der Waals surface area contributed by atoms with Crippen molar-refractivity contribution in [2.75, 3.05) is 5.32 Å². The zero-order valence-corrected chi connectivity index (χ0v) is 20.1. The van der Waals surface area contributed by atoms with E-state index >= 15 is 0 Å². The summed E-state index contributed by atoms with van der Waals surface area (Å²) in [6.07, 6.45) is 2.10. The first-order valence-electron chi connectivity index (χ1n) is 11.1. The Balaban J connectivity index is 2.02. The summed E-state index contributed by atoms with van der Waals surface area (Å²) >= 11 is 0. The van der Waals surface area contributed by atoms with Gasteiger partial charge in [0.15, 0.2) is 0 Å². The molecule has 0 radical (unpaired) electrons. The van der Waals surface area contributed by atoms with Crippen molar-refractivity contribution >= 4 is 17.2 Å². The standard InChI is InChI=1S/C28H33N3O/c1-18-13-14-23-30-24(26(31(23)17-18)29-20-11-9-8-10-12-20)19-15-21(27(2,3)4)25(32)22(16-19)28(5,6)7/h8-17,29,32H,1-7H3. The van der Waals surface area contributed by atoms with Gasteiger partial charge in [-0.2, -0.15) is 0 Å². The Morgan fingerprint density at radius 3 is 2.00 bits per heavy atom. The summed E-state index contributed by atoms with van der Waals surface area (Å²) in [5, 5.41) is 14.8. The molecule has 2 aromatic carbocycles. The normalized spacial score (nSPS) is 12.3. The summed E-state index contributed by atoms with van der Waals surface area (Å²) in [4.78, 5) is 5.02. The molecule has 0 aliphatic carbocycles. The van der Waals surface area contributed by atoms with Crippen molar-refractivity contribution in [3.8, 4) is 17.0 Å². The van der Waals surface area contributed by atoms with Crippen LogP contribution >= 0.6 is 0 Å². The molecule has 0 saturated heterocycles. The van der Waals surface area contributed by atoms with Crippen LogP contribution in [0.25, 0.3) is 16.9 Å². The fraction of sp³-hybridized carbons (Fsp3) is 0.321. The van der Waals surface area contributed by atoms with Gasteiger partial charge < -0.3 is 10.4 Å². The van der Waals surface area contributed by atoms with Crippen LogP contribution in [0.2, 0.25) is 0 Å². The topological polar surface area (TPSA) is 49.6 Å². The number of pyridine rings is 1. The number of para-hydroxylation sites is 1. The molecule has 4 nitrogen and oxygen atoms in total. The van der Waals surface area contributed by atoms with E-state index in [1.807, 2.05) is 24.3 Å².